The number of anilines is 1. The summed E-state index contributed by atoms with van der Waals surface area (Å²) in [6.07, 6.45) is 0.141. The molecule has 1 amide bonds. The molecule has 3 aromatic rings. The van der Waals surface area contributed by atoms with Gasteiger partial charge in [0.25, 0.3) is 5.95 Å². The first-order valence-corrected chi connectivity index (χ1v) is 9.17. The highest BCUT2D eigenvalue weighted by Gasteiger charge is 2.18. The van der Waals surface area contributed by atoms with Gasteiger partial charge in [0.2, 0.25) is 5.91 Å². The molecule has 0 aliphatic heterocycles. The maximum atomic E-state index is 12.6. The number of aromatic carboxylic acids is 1. The molecule has 8 heteroatoms. The molecule has 0 radical (unpaired) electrons. The van der Waals surface area contributed by atoms with E-state index in [0.717, 1.165) is 28.3 Å². The van der Waals surface area contributed by atoms with Crippen molar-refractivity contribution < 1.29 is 14.7 Å². The summed E-state index contributed by atoms with van der Waals surface area (Å²) in [5.41, 5.74) is 5.39. The Labute approximate surface area is 168 Å². The number of carbonyl (C=O) groups is 2. The smallest absolute Gasteiger partial charge is 0.335 e. The van der Waals surface area contributed by atoms with Crippen LogP contribution in [0.2, 0.25) is 0 Å². The fraction of sp³-hybridized carbons (Fsp3) is 0.286. The van der Waals surface area contributed by atoms with Gasteiger partial charge in [-0.2, -0.15) is 5.10 Å². The number of carboxylic acid groups (broad SMARTS) is 1. The number of hydrogen-bond donors (Lipinski definition) is 2. The zero-order valence-corrected chi connectivity index (χ0v) is 17.1. The molecule has 2 aromatic heterocycles. The van der Waals surface area contributed by atoms with Gasteiger partial charge in [-0.1, -0.05) is 0 Å². The minimum absolute atomic E-state index is 0.141. The number of nitrogens with zero attached hydrogens (tertiary/aromatic N) is 4. The largest absolute Gasteiger partial charge is 0.478 e. The summed E-state index contributed by atoms with van der Waals surface area (Å²) in [4.78, 5) is 32.6. The van der Waals surface area contributed by atoms with Gasteiger partial charge in [0.15, 0.2) is 0 Å². The van der Waals surface area contributed by atoms with Crippen molar-refractivity contribution in [1.82, 2.24) is 19.7 Å². The van der Waals surface area contributed by atoms with Crippen LogP contribution < -0.4 is 5.32 Å². The average Bonchev–Trinajstić information content (AvgIpc) is 2.89. The summed E-state index contributed by atoms with van der Waals surface area (Å²) in [6.45, 7) is 9.23. The Hall–Kier alpha value is -3.55. The third-order valence-corrected chi connectivity index (χ3v) is 4.68. The van der Waals surface area contributed by atoms with E-state index in [1.54, 1.807) is 23.7 Å². The minimum atomic E-state index is -0.993. The Balaban J connectivity index is 1.82. The van der Waals surface area contributed by atoms with E-state index in [0.29, 0.717) is 17.2 Å². The van der Waals surface area contributed by atoms with E-state index in [4.69, 9.17) is 5.11 Å². The third-order valence-electron chi connectivity index (χ3n) is 4.68. The monoisotopic (exact) mass is 393 g/mol. The second kappa shape index (κ2) is 7.83. The molecule has 2 N–H and O–H groups in total. The van der Waals surface area contributed by atoms with Crippen molar-refractivity contribution in [1.29, 1.82) is 0 Å². The third kappa shape index (κ3) is 4.31. The van der Waals surface area contributed by atoms with Gasteiger partial charge in [-0.25, -0.2) is 19.4 Å². The molecule has 1 aromatic carbocycles. The van der Waals surface area contributed by atoms with Gasteiger partial charge >= 0.3 is 5.97 Å². The second-order valence-electron chi connectivity index (χ2n) is 7.07. The highest BCUT2D eigenvalue weighted by Crippen LogP contribution is 2.19. The van der Waals surface area contributed by atoms with Crippen LogP contribution in [0.5, 0.6) is 0 Å². The molecule has 29 heavy (non-hydrogen) atoms. The van der Waals surface area contributed by atoms with Crippen LogP contribution in [0.1, 0.15) is 44.3 Å². The van der Waals surface area contributed by atoms with Crippen molar-refractivity contribution in [2.24, 2.45) is 0 Å². The number of nitrogens with one attached hydrogen (secondary N) is 1. The average molecular weight is 393 g/mol. The number of carboxylic acids is 1. The summed E-state index contributed by atoms with van der Waals surface area (Å²) in [7, 11) is 0. The van der Waals surface area contributed by atoms with Crippen molar-refractivity contribution in [2.75, 3.05) is 5.32 Å². The van der Waals surface area contributed by atoms with Crippen LogP contribution in [0.4, 0.5) is 5.69 Å². The van der Waals surface area contributed by atoms with E-state index in [1.807, 2.05) is 33.8 Å². The highest BCUT2D eigenvalue weighted by atomic mass is 16.4. The quantitative estimate of drug-likeness (QED) is 0.689. The summed E-state index contributed by atoms with van der Waals surface area (Å²) in [5, 5.41) is 16.5. The molecule has 0 bridgehead atoms. The van der Waals surface area contributed by atoms with E-state index in [-0.39, 0.29) is 17.9 Å². The fourth-order valence-corrected chi connectivity index (χ4v) is 3.27. The first-order chi connectivity index (χ1) is 13.7. The second-order valence-corrected chi connectivity index (χ2v) is 7.07. The lowest BCUT2D eigenvalue weighted by atomic mass is 10.1. The van der Waals surface area contributed by atoms with E-state index < -0.39 is 5.97 Å². The van der Waals surface area contributed by atoms with Crippen molar-refractivity contribution in [3.05, 3.63) is 63.7 Å². The zero-order valence-electron chi connectivity index (χ0n) is 17.1. The molecule has 3 rings (SSSR count). The molecular weight excluding hydrogens is 370 g/mol. The molecule has 0 atom stereocenters. The molecule has 8 nitrogen and oxygen atoms in total. The van der Waals surface area contributed by atoms with Crippen LogP contribution in [-0.4, -0.2) is 36.7 Å². The Kier molecular flexibility index (Phi) is 5.45. The van der Waals surface area contributed by atoms with Gasteiger partial charge in [0.05, 0.1) is 17.7 Å². The molecule has 0 unspecified atom stereocenters. The summed E-state index contributed by atoms with van der Waals surface area (Å²) in [6, 6.07) is 6.61. The Bertz CT molecular complexity index is 1100. The Morgan fingerprint density at radius 2 is 1.69 bits per heavy atom. The van der Waals surface area contributed by atoms with Crippen LogP contribution in [0.3, 0.4) is 0 Å². The van der Waals surface area contributed by atoms with Gasteiger partial charge in [-0.05, 0) is 64.4 Å². The van der Waals surface area contributed by atoms with E-state index >= 15 is 0 Å². The van der Waals surface area contributed by atoms with Crippen molar-refractivity contribution in [3.8, 4) is 5.95 Å². The van der Waals surface area contributed by atoms with Gasteiger partial charge in [-0.3, -0.25) is 4.79 Å². The molecule has 0 fully saturated rings. The number of benzene rings is 1. The van der Waals surface area contributed by atoms with Gasteiger partial charge in [-0.15, -0.1) is 0 Å². The Morgan fingerprint density at radius 3 is 2.28 bits per heavy atom. The van der Waals surface area contributed by atoms with Crippen LogP contribution in [0.15, 0.2) is 24.3 Å². The molecule has 0 aliphatic carbocycles. The molecule has 0 spiro atoms. The predicted octanol–water partition coefficient (Wildman–Crippen LogP) is 3.08. The molecule has 0 saturated heterocycles. The summed E-state index contributed by atoms with van der Waals surface area (Å²) >= 11 is 0. The maximum Gasteiger partial charge on any atom is 0.335 e. The zero-order chi connectivity index (χ0) is 21.3. The van der Waals surface area contributed by atoms with E-state index in [1.165, 1.54) is 6.07 Å². The lowest BCUT2D eigenvalue weighted by molar-refractivity contribution is -0.115. The number of aromatic nitrogens is 4. The van der Waals surface area contributed by atoms with Gasteiger partial charge in [0.1, 0.15) is 0 Å². The van der Waals surface area contributed by atoms with E-state index in [2.05, 4.69) is 20.4 Å². The number of aryl methyl sites for hydroxylation is 4. The molecule has 0 saturated carbocycles. The SMILES string of the molecule is Cc1cc(C)nc(-n2nc(C)c(CC(=O)Nc3ccc(C(=O)O)c(C)c3)c2C)n1. The lowest BCUT2D eigenvalue weighted by Gasteiger charge is -2.09. The predicted molar refractivity (Wildman–Crippen MR) is 109 cm³/mol. The van der Waals surface area contributed by atoms with Crippen molar-refractivity contribution >= 4 is 17.6 Å². The van der Waals surface area contributed by atoms with Gasteiger partial charge in [0, 0.05) is 28.3 Å². The first kappa shape index (κ1) is 20.2. The van der Waals surface area contributed by atoms with Crippen LogP contribution in [0, 0.1) is 34.6 Å². The summed E-state index contributed by atoms with van der Waals surface area (Å²) in [5.74, 6) is -0.721. The number of carbonyl (C=O) groups excluding carboxylic acids is 1. The topological polar surface area (TPSA) is 110 Å². The molecular formula is C21H23N5O3. The molecule has 0 aliphatic rings. The van der Waals surface area contributed by atoms with Crippen LogP contribution in [0.25, 0.3) is 5.95 Å². The first-order valence-electron chi connectivity index (χ1n) is 9.17. The Morgan fingerprint density at radius 1 is 1.03 bits per heavy atom. The standard InChI is InChI=1S/C21H23N5O3/c1-11-8-16(6-7-17(11)20(28)29)24-19(27)10-18-14(4)25-26(15(18)5)21-22-12(2)9-13(3)23-21/h6-9H,10H2,1-5H3,(H,24,27)(H,28,29). The summed E-state index contributed by atoms with van der Waals surface area (Å²) < 4.78 is 1.66. The van der Waals surface area contributed by atoms with Crippen molar-refractivity contribution in [3.63, 3.8) is 0 Å². The van der Waals surface area contributed by atoms with Gasteiger partial charge < -0.3 is 10.4 Å². The van der Waals surface area contributed by atoms with Crippen LogP contribution in [-0.2, 0) is 11.2 Å². The number of hydrogen-bond acceptors (Lipinski definition) is 5. The maximum absolute atomic E-state index is 12.6. The highest BCUT2D eigenvalue weighted by molar-refractivity contribution is 5.94. The van der Waals surface area contributed by atoms with E-state index in [9.17, 15) is 9.59 Å². The minimum Gasteiger partial charge on any atom is -0.478 e. The molecule has 2 heterocycles. The van der Waals surface area contributed by atoms with Crippen LogP contribution >= 0.6 is 0 Å². The fourth-order valence-electron chi connectivity index (χ4n) is 3.27. The molecule has 150 valence electrons. The lowest BCUT2D eigenvalue weighted by Crippen LogP contribution is -2.16. The normalized spacial score (nSPS) is 10.8. The number of amides is 1. The number of rotatable bonds is 5. The van der Waals surface area contributed by atoms with Crippen molar-refractivity contribution in [2.45, 2.75) is 41.0 Å².